The molecular weight excluding hydrogens is 322 g/mol. The van der Waals surface area contributed by atoms with E-state index in [0.29, 0.717) is 22.3 Å². The Morgan fingerprint density at radius 1 is 1.04 bits per heavy atom. The van der Waals surface area contributed by atoms with Gasteiger partial charge in [0.25, 0.3) is 0 Å². The van der Waals surface area contributed by atoms with E-state index in [1.165, 1.54) is 0 Å². The molecule has 0 bridgehead atoms. The lowest BCUT2D eigenvalue weighted by atomic mass is 10.2. The fourth-order valence-corrected chi connectivity index (χ4v) is 2.56. The summed E-state index contributed by atoms with van der Waals surface area (Å²) in [5.41, 5.74) is 4.23. The largest absolute Gasteiger partial charge is 0.345 e. The van der Waals surface area contributed by atoms with Gasteiger partial charge >= 0.3 is 0 Å². The Bertz CT molecular complexity index is 655. The highest BCUT2D eigenvalue weighted by Crippen LogP contribution is 2.04. The van der Waals surface area contributed by atoms with Crippen LogP contribution in [0.2, 0.25) is 0 Å². The fourth-order valence-electron chi connectivity index (χ4n) is 2.33. The lowest BCUT2D eigenvalue weighted by Crippen LogP contribution is -2.49. The normalized spacial score (nSPS) is 16.0. The van der Waals surface area contributed by atoms with Gasteiger partial charge in [0, 0.05) is 44.8 Å². The van der Waals surface area contributed by atoms with Gasteiger partial charge in [0.05, 0.1) is 5.69 Å². The van der Waals surface area contributed by atoms with Crippen LogP contribution in [0.15, 0.2) is 48.0 Å². The first kappa shape index (κ1) is 16.4. The highest BCUT2D eigenvalue weighted by Gasteiger charge is 2.17. The van der Waals surface area contributed by atoms with E-state index in [2.05, 4.69) is 42.3 Å². The van der Waals surface area contributed by atoms with Gasteiger partial charge in [-0.2, -0.15) is 5.10 Å². The number of nitrogens with zero attached hydrogens (tertiary/aromatic N) is 6. The van der Waals surface area contributed by atoms with Gasteiger partial charge < -0.3 is 9.80 Å². The third-order valence-electron chi connectivity index (χ3n) is 3.74. The van der Waals surface area contributed by atoms with Crippen molar-refractivity contribution in [1.82, 2.24) is 30.2 Å². The predicted molar refractivity (Wildman–Crippen MR) is 96.7 cm³/mol. The van der Waals surface area contributed by atoms with Crippen LogP contribution in [-0.2, 0) is 0 Å². The third kappa shape index (κ3) is 4.09. The smallest absolute Gasteiger partial charge is 0.189 e. The molecule has 1 saturated heterocycles. The average molecular weight is 341 g/mol. The molecule has 0 spiro atoms. The number of nitrogens with one attached hydrogen (secondary N) is 1. The van der Waals surface area contributed by atoms with Gasteiger partial charge in [0.1, 0.15) is 0 Å². The molecule has 0 radical (unpaired) electrons. The van der Waals surface area contributed by atoms with Crippen molar-refractivity contribution in [3.8, 4) is 0 Å². The first-order valence-corrected chi connectivity index (χ1v) is 8.15. The van der Waals surface area contributed by atoms with Crippen molar-refractivity contribution in [2.75, 3.05) is 33.2 Å². The van der Waals surface area contributed by atoms with Crippen molar-refractivity contribution < 1.29 is 0 Å². The maximum Gasteiger partial charge on any atom is 0.189 e. The number of likely N-dealkylation sites (N-methyl/N-ethyl adjacent to an activating group) is 1. The third-order valence-corrected chi connectivity index (χ3v) is 4.09. The highest BCUT2D eigenvalue weighted by molar-refractivity contribution is 7.80. The minimum atomic E-state index is 0.505. The zero-order valence-corrected chi connectivity index (χ0v) is 14.3. The van der Waals surface area contributed by atoms with E-state index in [1.807, 2.05) is 18.2 Å². The minimum absolute atomic E-state index is 0.505. The molecule has 0 aliphatic carbocycles. The Hall–Kier alpha value is -2.45. The Kier molecular flexibility index (Phi) is 5.39. The van der Waals surface area contributed by atoms with Gasteiger partial charge in [-0.1, -0.05) is 6.07 Å². The Labute approximate surface area is 146 Å². The molecule has 0 amide bonds. The summed E-state index contributed by atoms with van der Waals surface area (Å²) in [7, 11) is 2.11. The summed E-state index contributed by atoms with van der Waals surface area (Å²) in [6, 6.07) is 7.40. The molecule has 124 valence electrons. The first-order valence-electron chi connectivity index (χ1n) is 7.74. The fraction of sp³-hybridized carbons (Fsp3) is 0.312. The number of aromatic nitrogens is 3. The maximum atomic E-state index is 5.46. The van der Waals surface area contributed by atoms with Crippen LogP contribution in [0.5, 0.6) is 0 Å². The quantitative estimate of drug-likeness (QED) is 0.502. The Morgan fingerprint density at radius 3 is 2.42 bits per heavy atom. The number of hydrazone groups is 1. The van der Waals surface area contributed by atoms with Crippen molar-refractivity contribution >= 4 is 23.0 Å². The molecule has 8 heteroatoms. The molecule has 0 atom stereocenters. The summed E-state index contributed by atoms with van der Waals surface area (Å²) in [5, 5.41) is 5.05. The van der Waals surface area contributed by atoms with Crippen LogP contribution >= 0.6 is 12.2 Å². The summed E-state index contributed by atoms with van der Waals surface area (Å²) in [6.07, 6.45) is 5.08. The molecule has 1 N–H and O–H groups in total. The van der Waals surface area contributed by atoms with Crippen LogP contribution in [-0.4, -0.2) is 68.8 Å². The average Bonchev–Trinajstić information content (AvgIpc) is 2.64. The van der Waals surface area contributed by atoms with Crippen molar-refractivity contribution in [2.24, 2.45) is 5.10 Å². The van der Waals surface area contributed by atoms with Gasteiger partial charge in [-0.05, 0) is 37.5 Å². The van der Waals surface area contributed by atoms with E-state index < -0.39 is 0 Å². The summed E-state index contributed by atoms with van der Waals surface area (Å²) in [6.45, 7) is 3.75. The van der Waals surface area contributed by atoms with Crippen LogP contribution in [0, 0.1) is 0 Å². The van der Waals surface area contributed by atoms with Crippen LogP contribution in [0.4, 0.5) is 0 Å². The number of hydrogen-bond donors (Lipinski definition) is 1. The molecule has 3 rings (SSSR count). The molecule has 0 saturated carbocycles. The van der Waals surface area contributed by atoms with Crippen LogP contribution in [0.25, 0.3) is 0 Å². The van der Waals surface area contributed by atoms with Gasteiger partial charge in [0.2, 0.25) is 0 Å². The van der Waals surface area contributed by atoms with Crippen molar-refractivity contribution in [1.29, 1.82) is 0 Å². The van der Waals surface area contributed by atoms with Gasteiger partial charge in [-0.15, -0.1) is 0 Å². The summed E-state index contributed by atoms with van der Waals surface area (Å²) < 4.78 is 0. The molecule has 0 aromatic carbocycles. The van der Waals surface area contributed by atoms with E-state index >= 15 is 0 Å². The van der Waals surface area contributed by atoms with Crippen molar-refractivity contribution in [3.05, 3.63) is 54.4 Å². The number of thiocarbonyl (C=S) groups is 1. The van der Waals surface area contributed by atoms with Crippen molar-refractivity contribution in [3.63, 3.8) is 0 Å². The molecule has 2 aromatic heterocycles. The van der Waals surface area contributed by atoms with E-state index in [-0.39, 0.29) is 0 Å². The number of rotatable bonds is 3. The molecule has 0 unspecified atom stereocenters. The number of piperazine rings is 1. The van der Waals surface area contributed by atoms with Crippen LogP contribution < -0.4 is 5.43 Å². The molecule has 3 heterocycles. The predicted octanol–water partition coefficient (Wildman–Crippen LogP) is 0.746. The first-order chi connectivity index (χ1) is 11.7. The second kappa shape index (κ2) is 7.89. The second-order valence-electron chi connectivity index (χ2n) is 5.46. The molecular formula is C16H19N7S. The zero-order valence-electron chi connectivity index (χ0n) is 13.5. The van der Waals surface area contributed by atoms with E-state index in [4.69, 9.17) is 12.2 Å². The van der Waals surface area contributed by atoms with E-state index in [0.717, 1.165) is 26.2 Å². The van der Waals surface area contributed by atoms with Crippen molar-refractivity contribution in [2.45, 2.75) is 0 Å². The SMILES string of the molecule is CN1CCN(C(=S)NN=C(c2ccccn2)c2ncccn2)CC1. The molecule has 2 aromatic rings. The zero-order chi connectivity index (χ0) is 16.8. The molecule has 7 nitrogen and oxygen atoms in total. The standard InChI is InChI=1S/C16H19N7S/c1-22-9-11-23(12-10-22)16(24)21-20-14(13-5-2-3-6-17-13)15-18-7-4-8-19-15/h2-8H,9-12H2,1H3,(H,21,24). The van der Waals surface area contributed by atoms with E-state index in [1.54, 1.807) is 24.7 Å². The van der Waals surface area contributed by atoms with Gasteiger partial charge in [0.15, 0.2) is 16.6 Å². The van der Waals surface area contributed by atoms with E-state index in [9.17, 15) is 0 Å². The molecule has 1 aliphatic heterocycles. The maximum absolute atomic E-state index is 5.46. The summed E-state index contributed by atoms with van der Waals surface area (Å²) >= 11 is 5.46. The number of hydrogen-bond acceptors (Lipinski definition) is 6. The monoisotopic (exact) mass is 341 g/mol. The Morgan fingerprint density at radius 2 is 1.75 bits per heavy atom. The lowest BCUT2D eigenvalue weighted by Gasteiger charge is -2.33. The second-order valence-corrected chi connectivity index (χ2v) is 5.84. The van der Waals surface area contributed by atoms with Crippen LogP contribution in [0.3, 0.4) is 0 Å². The lowest BCUT2D eigenvalue weighted by molar-refractivity contribution is 0.214. The summed E-state index contributed by atoms with van der Waals surface area (Å²) in [5.74, 6) is 0.505. The Balaban J connectivity index is 1.78. The van der Waals surface area contributed by atoms with Gasteiger partial charge in [-0.25, -0.2) is 9.97 Å². The number of pyridine rings is 1. The van der Waals surface area contributed by atoms with Crippen LogP contribution in [0.1, 0.15) is 11.5 Å². The molecule has 1 fully saturated rings. The topological polar surface area (TPSA) is 69.5 Å². The highest BCUT2D eigenvalue weighted by atomic mass is 32.1. The summed E-state index contributed by atoms with van der Waals surface area (Å²) in [4.78, 5) is 17.3. The van der Waals surface area contributed by atoms with Gasteiger partial charge in [-0.3, -0.25) is 10.4 Å². The molecule has 1 aliphatic rings. The molecule has 24 heavy (non-hydrogen) atoms. The minimum Gasteiger partial charge on any atom is -0.345 e.